The first-order valence-electron chi connectivity index (χ1n) is 8.02. The monoisotopic (exact) mass is 337 g/mol. The van der Waals surface area contributed by atoms with Crippen LogP contribution in [-0.2, 0) is 19.2 Å². The number of piperazine rings is 1. The maximum Gasteiger partial charge on any atom is 0.225 e. The molecular formula is C14H21N6O4+. The fourth-order valence-corrected chi connectivity index (χ4v) is 4.85. The van der Waals surface area contributed by atoms with Gasteiger partial charge in [0.15, 0.2) is 24.7 Å². The zero-order valence-electron chi connectivity index (χ0n) is 14.0. The summed E-state index contributed by atoms with van der Waals surface area (Å²) in [5.41, 5.74) is 0. The first-order valence-corrected chi connectivity index (χ1v) is 8.02. The van der Waals surface area contributed by atoms with Crippen molar-refractivity contribution < 1.29 is 24.5 Å². The predicted molar refractivity (Wildman–Crippen MR) is 77.9 cm³/mol. The molecule has 6 bridgehead atoms. The number of quaternary nitrogens is 1. The molecule has 130 valence electrons. The van der Waals surface area contributed by atoms with Crippen molar-refractivity contribution in [3.63, 3.8) is 0 Å². The van der Waals surface area contributed by atoms with E-state index in [4.69, 9.17) is 0 Å². The van der Waals surface area contributed by atoms with Crippen LogP contribution in [-0.4, -0.2) is 80.2 Å². The molecule has 0 radical (unpaired) electrons. The van der Waals surface area contributed by atoms with E-state index in [1.54, 1.807) is 19.6 Å². The highest BCUT2D eigenvalue weighted by atomic mass is 16.2. The molecule has 0 spiro atoms. The summed E-state index contributed by atoms with van der Waals surface area (Å²) >= 11 is 0. The van der Waals surface area contributed by atoms with Crippen molar-refractivity contribution in [3.05, 3.63) is 0 Å². The van der Waals surface area contributed by atoms with Crippen LogP contribution in [0.2, 0.25) is 0 Å². The van der Waals surface area contributed by atoms with E-state index in [1.165, 1.54) is 27.7 Å². The molecule has 0 saturated carbocycles. The number of nitrogens with two attached hydrogens (primary N) is 1. The second-order valence-electron chi connectivity index (χ2n) is 6.76. The Balaban J connectivity index is 1.93. The largest absolute Gasteiger partial charge is 0.301 e. The number of amides is 4. The summed E-state index contributed by atoms with van der Waals surface area (Å²) < 4.78 is 0. The molecule has 24 heavy (non-hydrogen) atoms. The van der Waals surface area contributed by atoms with E-state index in [9.17, 15) is 19.2 Å². The number of carbonyl (C=O) groups excluding carboxylic acids is 4. The number of hydrogen-bond acceptors (Lipinski definition) is 5. The molecule has 4 amide bonds. The van der Waals surface area contributed by atoms with Crippen LogP contribution in [0.1, 0.15) is 27.7 Å². The fraction of sp³-hybridized carbons (Fsp3) is 0.714. The van der Waals surface area contributed by atoms with E-state index < -0.39 is 12.3 Å². The Labute approximate surface area is 138 Å². The van der Waals surface area contributed by atoms with E-state index in [-0.39, 0.29) is 48.3 Å². The molecule has 6 atom stereocenters. The second kappa shape index (κ2) is 4.67. The van der Waals surface area contributed by atoms with Crippen molar-refractivity contribution in [2.45, 2.75) is 64.7 Å². The third kappa shape index (κ3) is 1.62. The number of carbonyl (C=O) groups is 4. The van der Waals surface area contributed by atoms with Crippen LogP contribution >= 0.6 is 0 Å². The van der Waals surface area contributed by atoms with Crippen LogP contribution in [0.5, 0.6) is 0 Å². The van der Waals surface area contributed by atoms with E-state index >= 15 is 0 Å². The van der Waals surface area contributed by atoms with E-state index in [2.05, 4.69) is 5.32 Å². The molecule has 10 nitrogen and oxygen atoms in total. The Morgan fingerprint density at radius 2 is 1.00 bits per heavy atom. The molecule has 3 N–H and O–H groups in total. The minimum absolute atomic E-state index is 0.185. The summed E-state index contributed by atoms with van der Waals surface area (Å²) in [6.45, 7) is 5.78. The lowest BCUT2D eigenvalue weighted by atomic mass is 10.2. The highest BCUT2D eigenvalue weighted by Crippen LogP contribution is 2.40. The molecule has 10 heteroatoms. The molecule has 5 aliphatic rings. The normalized spacial score (nSPS) is 38.8. The van der Waals surface area contributed by atoms with Gasteiger partial charge in [0.25, 0.3) is 0 Å². The maximum atomic E-state index is 12.3. The average molecular weight is 337 g/mol. The van der Waals surface area contributed by atoms with Crippen molar-refractivity contribution in [2.75, 3.05) is 0 Å². The lowest BCUT2D eigenvalue weighted by Crippen LogP contribution is -3.07. The Morgan fingerprint density at radius 3 is 1.29 bits per heavy atom. The maximum absolute atomic E-state index is 12.3. The van der Waals surface area contributed by atoms with Crippen LogP contribution in [0.15, 0.2) is 0 Å². The average Bonchev–Trinajstić information content (AvgIpc) is 2.85. The molecule has 5 rings (SSSR count). The van der Waals surface area contributed by atoms with Crippen LogP contribution in [0.25, 0.3) is 0 Å². The summed E-state index contributed by atoms with van der Waals surface area (Å²) in [5.74, 6) is -0.764. The highest BCUT2D eigenvalue weighted by molar-refractivity contribution is 5.82. The molecule has 5 saturated heterocycles. The van der Waals surface area contributed by atoms with Crippen molar-refractivity contribution in [2.24, 2.45) is 0 Å². The molecule has 0 aliphatic carbocycles. The molecule has 0 aromatic heterocycles. The minimum atomic E-state index is -0.677. The first kappa shape index (κ1) is 15.3. The molecule has 5 fully saturated rings. The van der Waals surface area contributed by atoms with E-state index in [1.807, 2.05) is 5.32 Å². The highest BCUT2D eigenvalue weighted by Gasteiger charge is 2.72. The van der Waals surface area contributed by atoms with Crippen molar-refractivity contribution in [1.29, 1.82) is 0 Å². The number of nitrogens with one attached hydrogen (secondary N) is 1. The van der Waals surface area contributed by atoms with Crippen LogP contribution in [0, 0.1) is 0 Å². The number of nitrogens with zero attached hydrogens (tertiary/aromatic N) is 4. The van der Waals surface area contributed by atoms with Crippen LogP contribution in [0.3, 0.4) is 0 Å². The van der Waals surface area contributed by atoms with Gasteiger partial charge in [-0.2, -0.15) is 0 Å². The number of rotatable bonds is 0. The van der Waals surface area contributed by atoms with E-state index in [0.29, 0.717) is 0 Å². The van der Waals surface area contributed by atoms with Crippen LogP contribution < -0.4 is 10.6 Å². The van der Waals surface area contributed by atoms with Gasteiger partial charge >= 0.3 is 0 Å². The Hall–Kier alpha value is -2.20. The zero-order valence-corrected chi connectivity index (χ0v) is 14.0. The summed E-state index contributed by atoms with van der Waals surface area (Å²) in [6, 6.07) is 0. The summed E-state index contributed by atoms with van der Waals surface area (Å²) in [6.07, 6.45) is -2.72. The lowest BCUT2D eigenvalue weighted by molar-refractivity contribution is -0.758. The van der Waals surface area contributed by atoms with Gasteiger partial charge in [-0.05, 0) is 0 Å². The smallest absolute Gasteiger partial charge is 0.225 e. The Bertz CT molecular complexity index is 560. The summed E-state index contributed by atoms with van der Waals surface area (Å²) in [7, 11) is 0. The van der Waals surface area contributed by atoms with Gasteiger partial charge in [0, 0.05) is 27.7 Å². The predicted octanol–water partition coefficient (Wildman–Crippen LogP) is -3.46. The Morgan fingerprint density at radius 1 is 0.667 bits per heavy atom. The van der Waals surface area contributed by atoms with Gasteiger partial charge in [0.1, 0.15) is 0 Å². The van der Waals surface area contributed by atoms with Gasteiger partial charge < -0.3 is 5.32 Å². The molecule has 6 unspecified atom stereocenters. The summed E-state index contributed by atoms with van der Waals surface area (Å²) in [5, 5.41) is 5.25. The van der Waals surface area contributed by atoms with Crippen LogP contribution in [0.4, 0.5) is 0 Å². The third-order valence-electron chi connectivity index (χ3n) is 5.49. The molecule has 0 aromatic carbocycles. The van der Waals surface area contributed by atoms with Crippen molar-refractivity contribution in [3.8, 4) is 0 Å². The van der Waals surface area contributed by atoms with Crippen molar-refractivity contribution >= 4 is 23.6 Å². The van der Waals surface area contributed by atoms with E-state index in [0.717, 1.165) is 0 Å². The molecule has 0 aromatic rings. The van der Waals surface area contributed by atoms with Gasteiger partial charge in [-0.1, -0.05) is 0 Å². The summed E-state index contributed by atoms with van der Waals surface area (Å²) in [4.78, 5) is 55.6. The zero-order chi connectivity index (χ0) is 17.5. The lowest BCUT2D eigenvalue weighted by Gasteiger charge is -2.39. The molecular weight excluding hydrogens is 316 g/mol. The van der Waals surface area contributed by atoms with Crippen molar-refractivity contribution in [1.82, 2.24) is 24.9 Å². The van der Waals surface area contributed by atoms with Gasteiger partial charge in [-0.3, -0.25) is 44.1 Å². The SMILES string of the molecule is CC(=O)N1C2NC3C4[NH2+]C2N(C(C)=O)C1C(N3C(C)=O)N4C(C)=O. The second-order valence-corrected chi connectivity index (χ2v) is 6.76. The number of hydrogen-bond donors (Lipinski definition) is 2. The van der Waals surface area contributed by atoms with Gasteiger partial charge in [-0.15, -0.1) is 0 Å². The standard InChI is InChI=1S/C14H20N6O4/c1-5(21)17-9-10-16-12-11(15-9)19(7(3)23)14(20(12)8(4)24)13(17)18(10)6(2)22/h9-16H,1-4H3/p+1. The molecule has 5 heterocycles. The quantitative estimate of drug-likeness (QED) is 0.478. The van der Waals surface area contributed by atoms with Gasteiger partial charge in [0.2, 0.25) is 36.0 Å². The first-order chi connectivity index (χ1) is 11.3. The minimum Gasteiger partial charge on any atom is -0.301 e. The fourth-order valence-electron chi connectivity index (χ4n) is 4.85. The Kier molecular flexibility index (Phi) is 2.98. The van der Waals surface area contributed by atoms with Gasteiger partial charge in [-0.25, -0.2) is 0 Å². The third-order valence-corrected chi connectivity index (χ3v) is 5.49. The topological polar surface area (TPSA) is 110 Å². The van der Waals surface area contributed by atoms with Gasteiger partial charge in [0.05, 0.1) is 0 Å². The molecule has 5 aliphatic heterocycles.